The first-order valence-corrected chi connectivity index (χ1v) is 11.3. The Labute approximate surface area is 184 Å². The molecule has 0 aliphatic rings. The van der Waals surface area contributed by atoms with Crippen molar-refractivity contribution in [1.29, 1.82) is 0 Å². The molecule has 6 nitrogen and oxygen atoms in total. The summed E-state index contributed by atoms with van der Waals surface area (Å²) in [6.07, 6.45) is 4.53. The van der Waals surface area contributed by atoms with Gasteiger partial charge in [0.05, 0.1) is 5.39 Å². The number of phenols is 1. The number of aliphatic carboxylic acids is 1. The van der Waals surface area contributed by atoms with Gasteiger partial charge in [-0.15, -0.1) is 11.3 Å². The topological polar surface area (TPSA) is 95.3 Å². The van der Waals surface area contributed by atoms with Crippen LogP contribution in [0.2, 0.25) is 0 Å². The lowest BCUT2D eigenvalue weighted by Crippen LogP contribution is -2.05. The van der Waals surface area contributed by atoms with Crippen LogP contribution in [0.1, 0.15) is 43.5 Å². The number of hydrogen-bond acceptors (Lipinski definition) is 6. The van der Waals surface area contributed by atoms with E-state index in [1.165, 1.54) is 4.70 Å². The number of carbonyl (C=O) groups is 1. The second-order valence-corrected chi connectivity index (χ2v) is 8.63. The molecule has 2 aromatic heterocycles. The Morgan fingerprint density at radius 1 is 0.968 bits per heavy atom. The zero-order valence-corrected chi connectivity index (χ0v) is 18.0. The van der Waals surface area contributed by atoms with E-state index >= 15 is 0 Å². The first-order valence-electron chi connectivity index (χ1n) is 10.5. The minimum atomic E-state index is -0.733. The number of hydrogen-bond donors (Lipinski definition) is 3. The molecule has 7 heteroatoms. The number of rotatable bonds is 10. The van der Waals surface area contributed by atoms with Crippen LogP contribution in [-0.4, -0.2) is 26.2 Å². The third-order valence-electron chi connectivity index (χ3n) is 5.22. The van der Waals surface area contributed by atoms with Gasteiger partial charge < -0.3 is 15.5 Å². The highest BCUT2D eigenvalue weighted by atomic mass is 32.1. The Bertz CT molecular complexity index is 1190. The normalized spacial score (nSPS) is 11.2. The second kappa shape index (κ2) is 9.75. The number of benzene rings is 2. The van der Waals surface area contributed by atoms with Crippen LogP contribution in [0.15, 0.2) is 48.5 Å². The molecule has 0 aliphatic carbocycles. The molecule has 0 radical (unpaired) electrons. The summed E-state index contributed by atoms with van der Waals surface area (Å²) in [5.41, 5.74) is 1.06. The highest BCUT2D eigenvalue weighted by Gasteiger charge is 2.14. The molecular weight excluding hydrogens is 410 g/mol. The van der Waals surface area contributed by atoms with Crippen LogP contribution in [-0.2, 0) is 17.8 Å². The maximum Gasteiger partial charge on any atom is 0.303 e. The third-order valence-corrected chi connectivity index (χ3v) is 6.29. The standard InChI is InChI=1S/C24H25N3O3S/c28-17-13-11-16(12-14-17)15-25-23-22-18-7-5-6-8-19(18)31-24(22)27-20(26-23)9-3-1-2-4-10-21(29)30/h5-8,11-14,28H,1-4,9-10,15H2,(H,29,30)(H,25,26,27). The van der Waals surface area contributed by atoms with Crippen LogP contribution >= 0.6 is 11.3 Å². The molecule has 2 aromatic carbocycles. The van der Waals surface area contributed by atoms with E-state index in [1.807, 2.05) is 24.3 Å². The molecule has 0 fully saturated rings. The van der Waals surface area contributed by atoms with Gasteiger partial charge >= 0.3 is 5.97 Å². The number of anilines is 1. The average molecular weight is 436 g/mol. The molecule has 4 rings (SSSR count). The number of aryl methyl sites for hydroxylation is 1. The number of nitrogens with zero attached hydrogens (tertiary/aromatic N) is 2. The van der Waals surface area contributed by atoms with Crippen molar-refractivity contribution in [3.8, 4) is 5.75 Å². The summed E-state index contributed by atoms with van der Waals surface area (Å²) in [5.74, 6) is 1.16. The molecule has 0 saturated heterocycles. The zero-order chi connectivity index (χ0) is 21.6. The quantitative estimate of drug-likeness (QED) is 0.275. The van der Waals surface area contributed by atoms with Gasteiger partial charge in [0.15, 0.2) is 0 Å². The number of phenolic OH excluding ortho intramolecular Hbond substituents is 1. The van der Waals surface area contributed by atoms with Crippen molar-refractivity contribution in [2.24, 2.45) is 0 Å². The molecule has 0 amide bonds. The van der Waals surface area contributed by atoms with Gasteiger partial charge in [-0.3, -0.25) is 4.79 Å². The molecule has 4 aromatic rings. The van der Waals surface area contributed by atoms with E-state index < -0.39 is 5.97 Å². The Kier molecular flexibility index (Phi) is 6.62. The minimum Gasteiger partial charge on any atom is -0.508 e. The number of nitrogens with one attached hydrogen (secondary N) is 1. The fourth-order valence-corrected chi connectivity index (χ4v) is 4.71. The van der Waals surface area contributed by atoms with E-state index in [-0.39, 0.29) is 12.2 Å². The summed E-state index contributed by atoms with van der Waals surface area (Å²) in [7, 11) is 0. The number of carboxylic acids is 1. The predicted octanol–water partition coefficient (Wildman–Crippen LogP) is 5.74. The number of fused-ring (bicyclic) bond motifs is 3. The number of thiophene rings is 1. The van der Waals surface area contributed by atoms with Crippen LogP contribution in [0.5, 0.6) is 5.75 Å². The summed E-state index contributed by atoms with van der Waals surface area (Å²) in [5, 5.41) is 23.9. The van der Waals surface area contributed by atoms with Crippen molar-refractivity contribution in [3.05, 3.63) is 59.9 Å². The molecule has 0 spiro atoms. The lowest BCUT2D eigenvalue weighted by atomic mass is 10.1. The Balaban J connectivity index is 1.54. The number of aromatic hydroxyl groups is 1. The van der Waals surface area contributed by atoms with Crippen LogP contribution in [0.25, 0.3) is 20.3 Å². The maximum absolute atomic E-state index is 10.6. The van der Waals surface area contributed by atoms with E-state index in [0.29, 0.717) is 13.0 Å². The van der Waals surface area contributed by atoms with Gasteiger partial charge in [-0.1, -0.05) is 43.2 Å². The molecular formula is C24H25N3O3S. The Morgan fingerprint density at radius 2 is 1.74 bits per heavy atom. The summed E-state index contributed by atoms with van der Waals surface area (Å²) in [6, 6.07) is 15.4. The van der Waals surface area contributed by atoms with Crippen LogP contribution in [0, 0.1) is 0 Å². The van der Waals surface area contributed by atoms with Gasteiger partial charge in [-0.05, 0) is 36.6 Å². The second-order valence-electron chi connectivity index (χ2n) is 7.59. The van der Waals surface area contributed by atoms with E-state index in [0.717, 1.165) is 58.5 Å². The van der Waals surface area contributed by atoms with E-state index in [1.54, 1.807) is 23.5 Å². The van der Waals surface area contributed by atoms with Gasteiger partial charge in [-0.25, -0.2) is 9.97 Å². The average Bonchev–Trinajstić information content (AvgIpc) is 3.14. The fraction of sp³-hybridized carbons (Fsp3) is 0.292. The molecule has 0 bridgehead atoms. The maximum atomic E-state index is 10.6. The van der Waals surface area contributed by atoms with Crippen molar-refractivity contribution in [2.45, 2.75) is 45.1 Å². The molecule has 0 atom stereocenters. The van der Waals surface area contributed by atoms with Crippen LogP contribution in [0.3, 0.4) is 0 Å². The molecule has 31 heavy (non-hydrogen) atoms. The third kappa shape index (κ3) is 5.30. The molecule has 3 N–H and O–H groups in total. The highest BCUT2D eigenvalue weighted by Crippen LogP contribution is 2.36. The van der Waals surface area contributed by atoms with E-state index in [9.17, 15) is 9.90 Å². The summed E-state index contributed by atoms with van der Waals surface area (Å²) >= 11 is 1.67. The van der Waals surface area contributed by atoms with Crippen LogP contribution < -0.4 is 5.32 Å². The van der Waals surface area contributed by atoms with Gasteiger partial charge in [0.2, 0.25) is 0 Å². The van der Waals surface area contributed by atoms with E-state index in [4.69, 9.17) is 15.1 Å². The van der Waals surface area contributed by atoms with Gasteiger partial charge in [-0.2, -0.15) is 0 Å². The molecule has 0 unspecified atom stereocenters. The lowest BCUT2D eigenvalue weighted by molar-refractivity contribution is -0.137. The van der Waals surface area contributed by atoms with Crippen molar-refractivity contribution < 1.29 is 15.0 Å². The smallest absolute Gasteiger partial charge is 0.303 e. The lowest BCUT2D eigenvalue weighted by Gasteiger charge is -2.10. The largest absolute Gasteiger partial charge is 0.508 e. The predicted molar refractivity (Wildman–Crippen MR) is 125 cm³/mol. The van der Waals surface area contributed by atoms with Gasteiger partial charge in [0.1, 0.15) is 22.2 Å². The number of carboxylic acid groups (broad SMARTS) is 1. The fourth-order valence-electron chi connectivity index (χ4n) is 3.62. The zero-order valence-electron chi connectivity index (χ0n) is 17.2. The Morgan fingerprint density at radius 3 is 2.55 bits per heavy atom. The highest BCUT2D eigenvalue weighted by molar-refractivity contribution is 7.25. The summed E-state index contributed by atoms with van der Waals surface area (Å²) in [6.45, 7) is 0.602. The number of unbranched alkanes of at least 4 members (excludes halogenated alkanes) is 3. The monoisotopic (exact) mass is 435 g/mol. The minimum absolute atomic E-state index is 0.232. The molecule has 2 heterocycles. The van der Waals surface area contributed by atoms with Crippen molar-refractivity contribution >= 4 is 43.4 Å². The van der Waals surface area contributed by atoms with Gasteiger partial charge in [0.25, 0.3) is 0 Å². The van der Waals surface area contributed by atoms with Gasteiger partial charge in [0, 0.05) is 29.5 Å². The first-order chi connectivity index (χ1) is 15.1. The van der Waals surface area contributed by atoms with Crippen LogP contribution in [0.4, 0.5) is 5.82 Å². The first kappa shape index (κ1) is 21.1. The Hall–Kier alpha value is -3.19. The van der Waals surface area contributed by atoms with Crippen molar-refractivity contribution in [3.63, 3.8) is 0 Å². The summed E-state index contributed by atoms with van der Waals surface area (Å²) < 4.78 is 1.19. The summed E-state index contributed by atoms with van der Waals surface area (Å²) in [4.78, 5) is 21.3. The van der Waals surface area contributed by atoms with Crippen molar-refractivity contribution in [2.75, 3.05) is 5.32 Å². The van der Waals surface area contributed by atoms with E-state index in [2.05, 4.69) is 17.4 Å². The SMILES string of the molecule is O=C(O)CCCCCCc1nc(NCc2ccc(O)cc2)c2c(n1)sc1ccccc12. The molecule has 0 saturated carbocycles. The number of aromatic nitrogens is 2. The molecule has 160 valence electrons. The van der Waals surface area contributed by atoms with Crippen molar-refractivity contribution in [1.82, 2.24) is 9.97 Å². The molecule has 0 aliphatic heterocycles.